The van der Waals surface area contributed by atoms with Crippen LogP contribution in [0.15, 0.2) is 35.2 Å². The lowest BCUT2D eigenvalue weighted by Gasteiger charge is -2.14. The molecule has 1 aromatic carbocycles. The van der Waals surface area contributed by atoms with Gasteiger partial charge in [0.05, 0.1) is 0 Å². The largest absolute Gasteiger partial charge is 0.316 e. The van der Waals surface area contributed by atoms with E-state index in [1.807, 2.05) is 18.8 Å². The molecule has 0 saturated carbocycles. The second-order valence-electron chi connectivity index (χ2n) is 3.40. The van der Waals surface area contributed by atoms with Crippen molar-refractivity contribution in [1.29, 1.82) is 0 Å². The van der Waals surface area contributed by atoms with Gasteiger partial charge in [0.15, 0.2) is 0 Å². The minimum atomic E-state index is 0.644. The highest BCUT2D eigenvalue weighted by Gasteiger charge is 2.04. The standard InChI is InChI=1S/C12H19NS/c1-3-7-11(13-2)10-14-12-8-5-4-6-9-12/h4-6,8-9,11,13H,3,7,10H2,1-2H3/t11-/m1/s1. The Morgan fingerprint density at radius 2 is 2.00 bits per heavy atom. The monoisotopic (exact) mass is 209 g/mol. The molecule has 1 N–H and O–H groups in total. The van der Waals surface area contributed by atoms with E-state index in [-0.39, 0.29) is 0 Å². The molecule has 0 unspecified atom stereocenters. The van der Waals surface area contributed by atoms with E-state index in [0.717, 1.165) is 5.75 Å². The number of thioether (sulfide) groups is 1. The fourth-order valence-electron chi connectivity index (χ4n) is 1.37. The normalized spacial score (nSPS) is 12.7. The first-order valence-electron chi connectivity index (χ1n) is 5.22. The average Bonchev–Trinajstić information content (AvgIpc) is 2.25. The molecule has 14 heavy (non-hydrogen) atoms. The maximum atomic E-state index is 3.35. The molecule has 0 fully saturated rings. The van der Waals surface area contributed by atoms with Crippen LogP contribution in [0.3, 0.4) is 0 Å². The Morgan fingerprint density at radius 3 is 2.57 bits per heavy atom. The van der Waals surface area contributed by atoms with Crippen molar-refractivity contribution in [1.82, 2.24) is 5.32 Å². The third-order valence-electron chi connectivity index (χ3n) is 2.24. The molecular formula is C12H19NS. The van der Waals surface area contributed by atoms with Crippen molar-refractivity contribution in [3.8, 4) is 0 Å². The predicted molar refractivity (Wildman–Crippen MR) is 64.9 cm³/mol. The van der Waals surface area contributed by atoms with Crippen LogP contribution in [-0.2, 0) is 0 Å². The summed E-state index contributed by atoms with van der Waals surface area (Å²) in [5, 5.41) is 3.35. The summed E-state index contributed by atoms with van der Waals surface area (Å²) in [5.74, 6) is 1.16. The van der Waals surface area contributed by atoms with Gasteiger partial charge in [0.2, 0.25) is 0 Å². The smallest absolute Gasteiger partial charge is 0.0158 e. The van der Waals surface area contributed by atoms with Crippen LogP contribution in [-0.4, -0.2) is 18.8 Å². The lowest BCUT2D eigenvalue weighted by Crippen LogP contribution is -2.27. The molecule has 78 valence electrons. The zero-order valence-corrected chi connectivity index (χ0v) is 9.81. The molecule has 1 nitrogen and oxygen atoms in total. The summed E-state index contributed by atoms with van der Waals surface area (Å²) in [4.78, 5) is 1.36. The molecule has 1 rings (SSSR count). The molecule has 0 bridgehead atoms. The van der Waals surface area contributed by atoms with Crippen molar-refractivity contribution < 1.29 is 0 Å². The summed E-state index contributed by atoms with van der Waals surface area (Å²) in [6.45, 7) is 2.23. The number of benzene rings is 1. The van der Waals surface area contributed by atoms with E-state index in [4.69, 9.17) is 0 Å². The Balaban J connectivity index is 2.32. The minimum Gasteiger partial charge on any atom is -0.316 e. The van der Waals surface area contributed by atoms with Crippen LogP contribution < -0.4 is 5.32 Å². The molecule has 0 radical (unpaired) electrons. The highest BCUT2D eigenvalue weighted by Crippen LogP contribution is 2.18. The van der Waals surface area contributed by atoms with E-state index in [1.54, 1.807) is 0 Å². The number of hydrogen-bond donors (Lipinski definition) is 1. The molecule has 0 amide bonds. The molecule has 1 atom stereocenters. The first-order valence-corrected chi connectivity index (χ1v) is 6.20. The molecule has 0 aliphatic carbocycles. The van der Waals surface area contributed by atoms with Gasteiger partial charge in [-0.05, 0) is 25.6 Å². The molecule has 0 spiro atoms. The second-order valence-corrected chi connectivity index (χ2v) is 4.49. The van der Waals surface area contributed by atoms with Crippen molar-refractivity contribution in [3.05, 3.63) is 30.3 Å². The van der Waals surface area contributed by atoms with Gasteiger partial charge < -0.3 is 5.32 Å². The lowest BCUT2D eigenvalue weighted by atomic mass is 10.2. The first kappa shape index (κ1) is 11.6. The fraction of sp³-hybridized carbons (Fsp3) is 0.500. The molecular weight excluding hydrogens is 190 g/mol. The molecule has 2 heteroatoms. The van der Waals surface area contributed by atoms with Crippen LogP contribution in [0.2, 0.25) is 0 Å². The van der Waals surface area contributed by atoms with Crippen molar-refractivity contribution in [2.24, 2.45) is 0 Å². The Hall–Kier alpha value is -0.470. The molecule has 0 saturated heterocycles. The van der Waals surface area contributed by atoms with Gasteiger partial charge in [0, 0.05) is 16.7 Å². The van der Waals surface area contributed by atoms with E-state index < -0.39 is 0 Å². The number of nitrogens with one attached hydrogen (secondary N) is 1. The van der Waals surface area contributed by atoms with Crippen LogP contribution >= 0.6 is 11.8 Å². The predicted octanol–water partition coefficient (Wildman–Crippen LogP) is 3.17. The SMILES string of the molecule is CCC[C@H](CSc1ccccc1)NC. The topological polar surface area (TPSA) is 12.0 Å². The van der Waals surface area contributed by atoms with Gasteiger partial charge in [-0.1, -0.05) is 31.5 Å². The summed E-state index contributed by atoms with van der Waals surface area (Å²) in [5.41, 5.74) is 0. The van der Waals surface area contributed by atoms with Crippen LogP contribution in [0.4, 0.5) is 0 Å². The highest BCUT2D eigenvalue weighted by molar-refractivity contribution is 7.99. The summed E-state index contributed by atoms with van der Waals surface area (Å²) < 4.78 is 0. The summed E-state index contributed by atoms with van der Waals surface area (Å²) in [6.07, 6.45) is 2.51. The van der Waals surface area contributed by atoms with Gasteiger partial charge in [0.25, 0.3) is 0 Å². The third-order valence-corrected chi connectivity index (χ3v) is 3.41. The first-order chi connectivity index (χ1) is 6.86. The summed E-state index contributed by atoms with van der Waals surface area (Å²) in [6, 6.07) is 11.2. The van der Waals surface area contributed by atoms with E-state index in [1.165, 1.54) is 17.7 Å². The molecule has 0 aromatic heterocycles. The Bertz CT molecular complexity index is 235. The molecule has 0 aliphatic rings. The van der Waals surface area contributed by atoms with Crippen molar-refractivity contribution in [3.63, 3.8) is 0 Å². The van der Waals surface area contributed by atoms with Crippen molar-refractivity contribution >= 4 is 11.8 Å². The van der Waals surface area contributed by atoms with Crippen LogP contribution in [0, 0.1) is 0 Å². The lowest BCUT2D eigenvalue weighted by molar-refractivity contribution is 0.565. The Kier molecular flexibility index (Phi) is 5.72. The van der Waals surface area contributed by atoms with Crippen molar-refractivity contribution in [2.45, 2.75) is 30.7 Å². The fourth-order valence-corrected chi connectivity index (χ4v) is 2.45. The van der Waals surface area contributed by atoms with Gasteiger partial charge >= 0.3 is 0 Å². The maximum absolute atomic E-state index is 3.35. The van der Waals surface area contributed by atoms with Crippen LogP contribution in [0.1, 0.15) is 19.8 Å². The van der Waals surface area contributed by atoms with Gasteiger partial charge in [-0.3, -0.25) is 0 Å². The maximum Gasteiger partial charge on any atom is 0.0158 e. The van der Waals surface area contributed by atoms with E-state index in [2.05, 4.69) is 42.6 Å². The van der Waals surface area contributed by atoms with Crippen LogP contribution in [0.5, 0.6) is 0 Å². The van der Waals surface area contributed by atoms with Gasteiger partial charge in [-0.2, -0.15) is 0 Å². The molecule has 0 aliphatic heterocycles. The summed E-state index contributed by atoms with van der Waals surface area (Å²) in [7, 11) is 2.05. The number of hydrogen-bond acceptors (Lipinski definition) is 2. The van der Waals surface area contributed by atoms with E-state index in [0.29, 0.717) is 6.04 Å². The summed E-state index contributed by atoms with van der Waals surface area (Å²) >= 11 is 1.93. The average molecular weight is 209 g/mol. The van der Waals surface area contributed by atoms with E-state index >= 15 is 0 Å². The van der Waals surface area contributed by atoms with Gasteiger partial charge in [0.1, 0.15) is 0 Å². The molecule has 1 aromatic rings. The zero-order chi connectivity index (χ0) is 10.2. The Morgan fingerprint density at radius 1 is 1.29 bits per heavy atom. The van der Waals surface area contributed by atoms with E-state index in [9.17, 15) is 0 Å². The van der Waals surface area contributed by atoms with Gasteiger partial charge in [-0.15, -0.1) is 11.8 Å². The van der Waals surface area contributed by atoms with Crippen molar-refractivity contribution in [2.75, 3.05) is 12.8 Å². The minimum absolute atomic E-state index is 0.644. The van der Waals surface area contributed by atoms with Gasteiger partial charge in [-0.25, -0.2) is 0 Å². The third kappa shape index (κ3) is 4.16. The number of rotatable bonds is 6. The molecule has 0 heterocycles. The quantitative estimate of drug-likeness (QED) is 0.722. The second kappa shape index (κ2) is 6.91. The highest BCUT2D eigenvalue weighted by atomic mass is 32.2. The van der Waals surface area contributed by atoms with Crippen LogP contribution in [0.25, 0.3) is 0 Å². The Labute approximate surface area is 91.3 Å². The zero-order valence-electron chi connectivity index (χ0n) is 8.99.